The predicted molar refractivity (Wildman–Crippen MR) is 106 cm³/mol. The molecule has 0 aliphatic rings. The van der Waals surface area contributed by atoms with Crippen molar-refractivity contribution in [2.45, 2.75) is 19.5 Å². The molecule has 0 aliphatic carbocycles. The van der Waals surface area contributed by atoms with Crippen LogP contribution >= 0.6 is 0 Å². The zero-order valence-corrected chi connectivity index (χ0v) is 16.6. The van der Waals surface area contributed by atoms with E-state index in [1.54, 1.807) is 52.5 Å². The Hall–Kier alpha value is -3.22. The van der Waals surface area contributed by atoms with Gasteiger partial charge in [0.15, 0.2) is 6.61 Å². The molecule has 0 saturated carbocycles. The number of methoxy groups -OCH3 is 2. The van der Waals surface area contributed by atoms with Gasteiger partial charge in [0.05, 0.1) is 14.2 Å². The van der Waals surface area contributed by atoms with E-state index in [4.69, 9.17) is 14.2 Å². The Bertz CT molecular complexity index is 792. The van der Waals surface area contributed by atoms with Crippen LogP contribution in [0.15, 0.2) is 48.5 Å². The highest BCUT2D eigenvalue weighted by atomic mass is 16.5. The summed E-state index contributed by atoms with van der Waals surface area (Å²) in [4.78, 5) is 26.4. The van der Waals surface area contributed by atoms with E-state index in [0.29, 0.717) is 17.2 Å². The van der Waals surface area contributed by atoms with Crippen LogP contribution in [0.4, 0.5) is 0 Å². The van der Waals surface area contributed by atoms with Gasteiger partial charge in [-0.1, -0.05) is 12.1 Å². The van der Waals surface area contributed by atoms with E-state index in [9.17, 15) is 9.59 Å². The Morgan fingerprint density at radius 1 is 1.00 bits per heavy atom. The van der Waals surface area contributed by atoms with Crippen molar-refractivity contribution in [1.82, 2.24) is 10.2 Å². The molecule has 0 saturated heterocycles. The molecule has 7 nitrogen and oxygen atoms in total. The van der Waals surface area contributed by atoms with Gasteiger partial charge in [-0.05, 0) is 48.9 Å². The summed E-state index contributed by atoms with van der Waals surface area (Å²) in [6.07, 6.45) is 0. The second-order valence-corrected chi connectivity index (χ2v) is 6.13. The highest BCUT2D eigenvalue weighted by Crippen LogP contribution is 2.18. The zero-order chi connectivity index (χ0) is 20.5. The summed E-state index contributed by atoms with van der Waals surface area (Å²) in [5, 5.41) is 2.58. The van der Waals surface area contributed by atoms with Gasteiger partial charge in [-0.25, -0.2) is 0 Å². The number of carbonyl (C=O) groups is 2. The number of nitrogens with zero attached hydrogens (tertiary/aromatic N) is 1. The molecule has 0 aliphatic heterocycles. The fourth-order valence-corrected chi connectivity index (χ4v) is 2.66. The second kappa shape index (κ2) is 10.2. The maximum Gasteiger partial charge on any atom is 0.261 e. The lowest BCUT2D eigenvalue weighted by Crippen LogP contribution is -2.48. The average molecular weight is 386 g/mol. The van der Waals surface area contributed by atoms with Crippen molar-refractivity contribution >= 4 is 11.8 Å². The summed E-state index contributed by atoms with van der Waals surface area (Å²) in [6, 6.07) is 13.7. The second-order valence-electron chi connectivity index (χ2n) is 6.13. The van der Waals surface area contributed by atoms with Crippen LogP contribution in [-0.2, 0) is 16.1 Å². The number of benzene rings is 2. The number of nitrogens with one attached hydrogen (secondary N) is 1. The Labute approximate surface area is 165 Å². The highest BCUT2D eigenvalue weighted by Gasteiger charge is 2.26. The molecule has 28 heavy (non-hydrogen) atoms. The van der Waals surface area contributed by atoms with Crippen molar-refractivity contribution < 1.29 is 23.8 Å². The third kappa shape index (κ3) is 5.64. The summed E-state index contributed by atoms with van der Waals surface area (Å²) in [7, 11) is 4.70. The van der Waals surface area contributed by atoms with E-state index < -0.39 is 6.04 Å². The van der Waals surface area contributed by atoms with Gasteiger partial charge in [0.2, 0.25) is 5.91 Å². The van der Waals surface area contributed by atoms with Crippen molar-refractivity contribution in [3.63, 3.8) is 0 Å². The van der Waals surface area contributed by atoms with Gasteiger partial charge in [-0.3, -0.25) is 9.59 Å². The lowest BCUT2D eigenvalue weighted by atomic mass is 10.1. The molecule has 0 aromatic heterocycles. The fourth-order valence-electron chi connectivity index (χ4n) is 2.66. The average Bonchev–Trinajstić information content (AvgIpc) is 2.75. The van der Waals surface area contributed by atoms with Crippen molar-refractivity contribution in [3.05, 3.63) is 54.1 Å². The molecule has 0 fully saturated rings. The highest BCUT2D eigenvalue weighted by molar-refractivity contribution is 5.87. The number of hydrogen-bond acceptors (Lipinski definition) is 5. The third-order valence-corrected chi connectivity index (χ3v) is 4.32. The molecule has 1 atom stereocenters. The van der Waals surface area contributed by atoms with E-state index in [-0.39, 0.29) is 25.0 Å². The van der Waals surface area contributed by atoms with Gasteiger partial charge >= 0.3 is 0 Å². The first-order valence-corrected chi connectivity index (χ1v) is 8.89. The predicted octanol–water partition coefficient (Wildman–Crippen LogP) is 2.25. The van der Waals surface area contributed by atoms with Gasteiger partial charge in [-0.2, -0.15) is 0 Å². The van der Waals surface area contributed by atoms with Crippen LogP contribution < -0.4 is 19.5 Å². The van der Waals surface area contributed by atoms with Crippen molar-refractivity contribution in [2.75, 3.05) is 27.9 Å². The van der Waals surface area contributed by atoms with Crippen LogP contribution in [0.2, 0.25) is 0 Å². The van der Waals surface area contributed by atoms with E-state index in [0.717, 1.165) is 5.56 Å². The van der Waals surface area contributed by atoms with Crippen LogP contribution in [0.25, 0.3) is 0 Å². The van der Waals surface area contributed by atoms with Gasteiger partial charge in [0.25, 0.3) is 5.91 Å². The van der Waals surface area contributed by atoms with Crippen LogP contribution in [0.3, 0.4) is 0 Å². The fraction of sp³-hybridized carbons (Fsp3) is 0.333. The van der Waals surface area contributed by atoms with Crippen LogP contribution in [0.1, 0.15) is 12.5 Å². The molecule has 0 radical (unpaired) electrons. The number of amides is 2. The van der Waals surface area contributed by atoms with Crippen molar-refractivity contribution in [2.24, 2.45) is 0 Å². The minimum Gasteiger partial charge on any atom is -0.497 e. The number of carbonyl (C=O) groups excluding carboxylic acids is 2. The summed E-state index contributed by atoms with van der Waals surface area (Å²) in [5.74, 6) is 1.39. The van der Waals surface area contributed by atoms with Crippen molar-refractivity contribution in [1.29, 1.82) is 0 Å². The van der Waals surface area contributed by atoms with Gasteiger partial charge < -0.3 is 24.4 Å². The number of likely N-dealkylation sites (N-methyl/N-ethyl adjacent to an activating group) is 1. The SMILES string of the molecule is CNC(=O)[C@H](C)N(Cc1cccc(OC)c1)C(=O)COc1ccc(OC)cc1. The molecule has 2 amide bonds. The zero-order valence-electron chi connectivity index (χ0n) is 16.6. The molecule has 0 heterocycles. The van der Waals surface area contributed by atoms with Crippen LogP contribution in [0.5, 0.6) is 17.2 Å². The Morgan fingerprint density at radius 2 is 1.64 bits per heavy atom. The van der Waals surface area contributed by atoms with E-state index in [1.807, 2.05) is 24.3 Å². The first-order chi connectivity index (χ1) is 13.5. The monoisotopic (exact) mass is 386 g/mol. The van der Waals surface area contributed by atoms with E-state index in [2.05, 4.69) is 5.32 Å². The molecular weight excluding hydrogens is 360 g/mol. The molecule has 2 aromatic rings. The number of rotatable bonds is 9. The molecule has 1 N–H and O–H groups in total. The summed E-state index contributed by atoms with van der Waals surface area (Å²) in [6.45, 7) is 1.76. The first-order valence-electron chi connectivity index (χ1n) is 8.89. The molecule has 7 heteroatoms. The maximum atomic E-state index is 12.8. The smallest absolute Gasteiger partial charge is 0.261 e. The van der Waals surface area contributed by atoms with Crippen LogP contribution in [-0.4, -0.2) is 50.6 Å². The summed E-state index contributed by atoms with van der Waals surface area (Å²) >= 11 is 0. The molecule has 0 spiro atoms. The Balaban J connectivity index is 2.12. The quantitative estimate of drug-likeness (QED) is 0.715. The topological polar surface area (TPSA) is 77.1 Å². The molecular formula is C21H26N2O5. The van der Waals surface area contributed by atoms with Gasteiger partial charge in [0.1, 0.15) is 23.3 Å². The molecule has 2 aromatic carbocycles. The Kier molecular flexibility index (Phi) is 7.68. The minimum atomic E-state index is -0.650. The molecule has 0 unspecified atom stereocenters. The maximum absolute atomic E-state index is 12.8. The normalized spacial score (nSPS) is 11.3. The molecule has 0 bridgehead atoms. The number of hydrogen-bond donors (Lipinski definition) is 1. The Morgan fingerprint density at radius 3 is 2.25 bits per heavy atom. The lowest BCUT2D eigenvalue weighted by Gasteiger charge is -2.28. The van der Waals surface area contributed by atoms with E-state index in [1.165, 1.54) is 4.90 Å². The van der Waals surface area contributed by atoms with Crippen LogP contribution in [0, 0.1) is 0 Å². The minimum absolute atomic E-state index is 0.183. The summed E-state index contributed by atoms with van der Waals surface area (Å²) < 4.78 is 15.9. The standard InChI is InChI=1S/C21H26N2O5/c1-15(21(25)22-2)23(13-16-6-5-7-19(12-16)27-4)20(24)14-28-18-10-8-17(26-3)9-11-18/h5-12,15H,13-14H2,1-4H3,(H,22,25)/t15-/m0/s1. The summed E-state index contributed by atoms with van der Waals surface area (Å²) in [5.41, 5.74) is 0.855. The molecule has 2 rings (SSSR count). The van der Waals surface area contributed by atoms with Gasteiger partial charge in [-0.15, -0.1) is 0 Å². The first kappa shape index (κ1) is 21.1. The van der Waals surface area contributed by atoms with Gasteiger partial charge in [0, 0.05) is 13.6 Å². The third-order valence-electron chi connectivity index (χ3n) is 4.32. The largest absolute Gasteiger partial charge is 0.497 e. The molecule has 150 valence electrons. The lowest BCUT2D eigenvalue weighted by molar-refractivity contribution is -0.142. The van der Waals surface area contributed by atoms with Crippen molar-refractivity contribution in [3.8, 4) is 17.2 Å². The van der Waals surface area contributed by atoms with E-state index >= 15 is 0 Å². The number of ether oxygens (including phenoxy) is 3.